The van der Waals surface area contributed by atoms with Crippen molar-refractivity contribution in [2.24, 2.45) is 11.3 Å². The number of aliphatic hydroxyl groups is 1. The van der Waals surface area contributed by atoms with Crippen LogP contribution in [0.2, 0.25) is 0 Å². The van der Waals surface area contributed by atoms with Gasteiger partial charge in [-0.1, -0.05) is 6.92 Å². The second kappa shape index (κ2) is 3.70. The molecule has 94 valence electrons. The van der Waals surface area contributed by atoms with E-state index in [1.54, 1.807) is 0 Å². The fourth-order valence-electron chi connectivity index (χ4n) is 3.88. The van der Waals surface area contributed by atoms with Crippen LogP contribution < -0.4 is 0 Å². The van der Waals surface area contributed by atoms with Gasteiger partial charge in [0.25, 0.3) is 0 Å². The Balaban J connectivity index is 1.80. The highest BCUT2D eigenvalue weighted by Gasteiger charge is 2.57. The van der Waals surface area contributed by atoms with E-state index in [1.807, 2.05) is 0 Å². The number of nitrogens with zero attached hydrogens (tertiary/aromatic N) is 2. The quantitative estimate of drug-likeness (QED) is 0.794. The van der Waals surface area contributed by atoms with Crippen molar-refractivity contribution in [2.75, 3.05) is 13.1 Å². The Labute approximate surface area is 103 Å². The molecule has 1 aliphatic heterocycles. The lowest BCUT2D eigenvalue weighted by atomic mass is 9.70. The van der Waals surface area contributed by atoms with Crippen LogP contribution in [0.5, 0.6) is 0 Å². The van der Waals surface area contributed by atoms with Gasteiger partial charge in [-0.25, -0.2) is 0 Å². The van der Waals surface area contributed by atoms with Gasteiger partial charge in [0.05, 0.1) is 17.1 Å². The molecule has 3 rings (SSSR count). The molecule has 1 heterocycles. The fourth-order valence-corrected chi connectivity index (χ4v) is 3.88. The summed E-state index contributed by atoms with van der Waals surface area (Å²) in [4.78, 5) is 2.40. The molecule has 0 aromatic rings. The molecule has 0 aromatic heterocycles. The van der Waals surface area contributed by atoms with Crippen LogP contribution in [0.25, 0.3) is 0 Å². The molecule has 3 heteroatoms. The average Bonchev–Trinajstić information content (AvgIpc) is 2.97. The van der Waals surface area contributed by atoms with Gasteiger partial charge in [-0.3, -0.25) is 4.90 Å². The normalized spacial score (nSPS) is 47.2. The third-order valence-electron chi connectivity index (χ3n) is 5.21. The highest BCUT2D eigenvalue weighted by Crippen LogP contribution is 2.52. The largest absolute Gasteiger partial charge is 0.387 e. The zero-order valence-corrected chi connectivity index (χ0v) is 10.7. The predicted molar refractivity (Wildman–Crippen MR) is 65.2 cm³/mol. The zero-order chi connectivity index (χ0) is 12.1. The molecule has 3 unspecified atom stereocenters. The first-order valence-corrected chi connectivity index (χ1v) is 6.96. The van der Waals surface area contributed by atoms with Gasteiger partial charge in [0.2, 0.25) is 0 Å². The Morgan fingerprint density at radius 2 is 2.06 bits per heavy atom. The standard InChI is InChI=1S/C14H22N2O/c1-11-4-5-13(8-11,9-15)14(17)6-7-16(10-14)12-2-3-12/h11-12,17H,2-8,10H2,1H3. The second-order valence-corrected chi connectivity index (χ2v) is 6.53. The molecule has 2 saturated carbocycles. The van der Waals surface area contributed by atoms with Crippen LogP contribution in [-0.2, 0) is 0 Å². The Kier molecular flexibility index (Phi) is 2.50. The van der Waals surface area contributed by atoms with E-state index in [0.717, 1.165) is 38.8 Å². The zero-order valence-electron chi connectivity index (χ0n) is 10.7. The number of hydrogen-bond acceptors (Lipinski definition) is 3. The van der Waals surface area contributed by atoms with Crippen molar-refractivity contribution in [3.05, 3.63) is 0 Å². The summed E-state index contributed by atoms with van der Waals surface area (Å²) in [5.74, 6) is 0.591. The lowest BCUT2D eigenvalue weighted by Gasteiger charge is -2.37. The summed E-state index contributed by atoms with van der Waals surface area (Å²) in [7, 11) is 0. The van der Waals surface area contributed by atoms with Gasteiger partial charge in [-0.05, 0) is 44.4 Å². The van der Waals surface area contributed by atoms with Gasteiger partial charge in [0.15, 0.2) is 0 Å². The van der Waals surface area contributed by atoms with Crippen molar-refractivity contribution >= 4 is 0 Å². The molecule has 0 radical (unpaired) electrons. The summed E-state index contributed by atoms with van der Waals surface area (Å²) in [6, 6.07) is 3.20. The maximum absolute atomic E-state index is 10.9. The Morgan fingerprint density at radius 1 is 1.29 bits per heavy atom. The van der Waals surface area contributed by atoms with Gasteiger partial charge >= 0.3 is 0 Å². The Hall–Kier alpha value is -0.590. The van der Waals surface area contributed by atoms with Crippen molar-refractivity contribution in [1.29, 1.82) is 5.26 Å². The number of likely N-dealkylation sites (tertiary alicyclic amines) is 1. The van der Waals surface area contributed by atoms with Crippen molar-refractivity contribution in [1.82, 2.24) is 4.90 Å². The highest BCUT2D eigenvalue weighted by molar-refractivity contribution is 5.18. The molecular weight excluding hydrogens is 212 g/mol. The van der Waals surface area contributed by atoms with Crippen LogP contribution in [0.4, 0.5) is 0 Å². The minimum absolute atomic E-state index is 0.462. The first-order chi connectivity index (χ1) is 8.09. The van der Waals surface area contributed by atoms with Crippen LogP contribution >= 0.6 is 0 Å². The number of hydrogen-bond donors (Lipinski definition) is 1. The maximum Gasteiger partial charge on any atom is 0.0971 e. The van der Waals surface area contributed by atoms with Gasteiger partial charge < -0.3 is 5.11 Å². The minimum Gasteiger partial charge on any atom is -0.387 e. The topological polar surface area (TPSA) is 47.3 Å². The summed E-state index contributed by atoms with van der Waals surface area (Å²) in [5, 5.41) is 20.5. The molecule has 1 saturated heterocycles. The highest BCUT2D eigenvalue weighted by atomic mass is 16.3. The molecule has 3 nitrogen and oxygen atoms in total. The third-order valence-corrected chi connectivity index (χ3v) is 5.21. The van der Waals surface area contributed by atoms with Gasteiger partial charge in [0, 0.05) is 19.1 Å². The van der Waals surface area contributed by atoms with Crippen molar-refractivity contribution in [3.8, 4) is 6.07 Å². The summed E-state index contributed by atoms with van der Waals surface area (Å²) >= 11 is 0. The van der Waals surface area contributed by atoms with Gasteiger partial charge in [-0.15, -0.1) is 0 Å². The van der Waals surface area contributed by atoms with E-state index in [1.165, 1.54) is 12.8 Å². The van der Waals surface area contributed by atoms with Crippen LogP contribution in [0.15, 0.2) is 0 Å². The van der Waals surface area contributed by atoms with Crippen molar-refractivity contribution in [3.63, 3.8) is 0 Å². The monoisotopic (exact) mass is 234 g/mol. The number of β-amino-alcohol motifs (C(OH)–C–C–N with tert-alkyl or cyclic N) is 1. The van der Waals surface area contributed by atoms with Gasteiger partial charge in [0.1, 0.15) is 0 Å². The summed E-state index contributed by atoms with van der Waals surface area (Å²) in [5.41, 5.74) is -1.20. The molecule has 1 N–H and O–H groups in total. The van der Waals surface area contributed by atoms with Crippen LogP contribution in [0.3, 0.4) is 0 Å². The second-order valence-electron chi connectivity index (χ2n) is 6.53. The molecule has 0 spiro atoms. The predicted octanol–water partition coefficient (Wildman–Crippen LogP) is 1.92. The number of nitriles is 1. The lowest BCUT2D eigenvalue weighted by molar-refractivity contribution is -0.0450. The fraction of sp³-hybridized carbons (Fsp3) is 0.929. The van der Waals surface area contributed by atoms with E-state index < -0.39 is 11.0 Å². The summed E-state index contributed by atoms with van der Waals surface area (Å²) in [6.07, 6.45) is 6.24. The Morgan fingerprint density at radius 3 is 2.59 bits per heavy atom. The molecule has 0 amide bonds. The average molecular weight is 234 g/mol. The van der Waals surface area contributed by atoms with E-state index in [-0.39, 0.29) is 0 Å². The maximum atomic E-state index is 10.9. The van der Waals surface area contributed by atoms with Crippen LogP contribution in [-0.4, -0.2) is 34.7 Å². The lowest BCUT2D eigenvalue weighted by Crippen LogP contribution is -2.48. The van der Waals surface area contributed by atoms with E-state index in [9.17, 15) is 10.4 Å². The van der Waals surface area contributed by atoms with E-state index in [2.05, 4.69) is 17.9 Å². The molecule has 0 aromatic carbocycles. The van der Waals surface area contributed by atoms with E-state index >= 15 is 0 Å². The van der Waals surface area contributed by atoms with E-state index in [4.69, 9.17) is 0 Å². The van der Waals surface area contributed by atoms with Crippen LogP contribution in [0.1, 0.15) is 45.4 Å². The first kappa shape index (κ1) is 11.5. The molecule has 3 fully saturated rings. The van der Waals surface area contributed by atoms with E-state index in [0.29, 0.717) is 12.0 Å². The third kappa shape index (κ3) is 1.70. The molecule has 2 aliphatic carbocycles. The molecule has 3 aliphatic rings. The van der Waals surface area contributed by atoms with Crippen LogP contribution in [0, 0.1) is 22.7 Å². The minimum atomic E-state index is -0.741. The first-order valence-electron chi connectivity index (χ1n) is 6.96. The Bertz CT molecular complexity index is 360. The van der Waals surface area contributed by atoms with Crippen molar-refractivity contribution in [2.45, 2.75) is 57.1 Å². The molecule has 0 bridgehead atoms. The number of rotatable bonds is 2. The smallest absolute Gasteiger partial charge is 0.0971 e. The van der Waals surface area contributed by atoms with Gasteiger partial charge in [-0.2, -0.15) is 5.26 Å². The summed E-state index contributed by atoms with van der Waals surface area (Å²) < 4.78 is 0. The SMILES string of the molecule is CC1CCC(C#N)(C2(O)CCN(C3CC3)C2)C1. The molecule has 3 atom stereocenters. The van der Waals surface area contributed by atoms with Crippen molar-refractivity contribution < 1.29 is 5.11 Å². The molecule has 17 heavy (non-hydrogen) atoms. The summed E-state index contributed by atoms with van der Waals surface area (Å²) in [6.45, 7) is 3.92. The molecular formula is C14H22N2O.